The summed E-state index contributed by atoms with van der Waals surface area (Å²) in [5.74, 6) is -1.71. The Morgan fingerprint density at radius 1 is 1.20 bits per heavy atom. The summed E-state index contributed by atoms with van der Waals surface area (Å²) in [6.45, 7) is -0.0196. The highest BCUT2D eigenvalue weighted by Crippen LogP contribution is 2.20. The van der Waals surface area contributed by atoms with Gasteiger partial charge in [0.05, 0.1) is 5.56 Å². The van der Waals surface area contributed by atoms with E-state index in [9.17, 15) is 13.6 Å². The van der Waals surface area contributed by atoms with Gasteiger partial charge in [0.25, 0.3) is 5.91 Å². The summed E-state index contributed by atoms with van der Waals surface area (Å²) >= 11 is 7.48. The van der Waals surface area contributed by atoms with E-state index in [2.05, 4.69) is 33.9 Å². The number of hydrogen-bond acceptors (Lipinski definition) is 2. The Kier molecular flexibility index (Phi) is 4.77. The van der Waals surface area contributed by atoms with Crippen molar-refractivity contribution in [1.82, 2.24) is 5.32 Å². The Balaban J connectivity index is 2.08. The number of nitrogens with one attached hydrogen (secondary N) is 1. The van der Waals surface area contributed by atoms with Crippen LogP contribution in [-0.2, 0) is 6.54 Å². The third-order valence-corrected chi connectivity index (χ3v) is 3.52. The van der Waals surface area contributed by atoms with Crippen molar-refractivity contribution in [2.45, 2.75) is 11.4 Å². The molecule has 0 heterocycles. The van der Waals surface area contributed by atoms with Gasteiger partial charge in [0, 0.05) is 27.5 Å². The summed E-state index contributed by atoms with van der Waals surface area (Å²) in [5.41, 5.74) is 0.608. The molecular formula is C14H10BrF2NOS. The van der Waals surface area contributed by atoms with Crippen LogP contribution in [0.3, 0.4) is 0 Å². The number of thiol groups is 1. The van der Waals surface area contributed by atoms with E-state index >= 15 is 0 Å². The van der Waals surface area contributed by atoms with Crippen molar-refractivity contribution in [2.75, 3.05) is 0 Å². The summed E-state index contributed by atoms with van der Waals surface area (Å²) in [4.78, 5) is 12.5. The fourth-order valence-electron chi connectivity index (χ4n) is 1.63. The zero-order chi connectivity index (χ0) is 14.7. The Labute approximate surface area is 128 Å². The molecule has 1 N–H and O–H groups in total. The minimum absolute atomic E-state index is 0.0196. The molecule has 0 aliphatic heterocycles. The Bertz CT molecular complexity index is 664. The van der Waals surface area contributed by atoms with E-state index in [4.69, 9.17) is 0 Å². The average molecular weight is 358 g/mol. The van der Waals surface area contributed by atoms with E-state index in [1.165, 1.54) is 6.07 Å². The standard InChI is InChI=1S/C14H10BrF2NOS/c15-9-2-4-11(13(20)5-9)14(19)18-7-8-1-3-10(16)6-12(8)17/h1-6,20H,7H2,(H,18,19). The van der Waals surface area contributed by atoms with Gasteiger partial charge >= 0.3 is 0 Å². The first-order valence-electron chi connectivity index (χ1n) is 5.68. The number of carbonyl (C=O) groups excluding carboxylic acids is 1. The predicted molar refractivity (Wildman–Crippen MR) is 78.9 cm³/mol. The molecule has 0 fully saturated rings. The van der Waals surface area contributed by atoms with Gasteiger partial charge in [-0.3, -0.25) is 4.79 Å². The van der Waals surface area contributed by atoms with Crippen molar-refractivity contribution in [3.63, 3.8) is 0 Å². The van der Waals surface area contributed by atoms with Crippen molar-refractivity contribution in [2.24, 2.45) is 0 Å². The van der Waals surface area contributed by atoms with Crippen molar-refractivity contribution in [3.05, 3.63) is 63.6 Å². The molecule has 104 valence electrons. The molecule has 0 aliphatic rings. The smallest absolute Gasteiger partial charge is 0.252 e. The van der Waals surface area contributed by atoms with E-state index in [-0.39, 0.29) is 18.0 Å². The molecule has 6 heteroatoms. The summed E-state index contributed by atoms with van der Waals surface area (Å²) < 4.78 is 27.0. The second-order valence-corrected chi connectivity index (χ2v) is 5.48. The molecule has 0 spiro atoms. The number of benzene rings is 2. The maximum Gasteiger partial charge on any atom is 0.252 e. The molecule has 0 aromatic heterocycles. The minimum Gasteiger partial charge on any atom is -0.348 e. The number of hydrogen-bond donors (Lipinski definition) is 2. The number of amides is 1. The van der Waals surface area contributed by atoms with Crippen LogP contribution in [0.4, 0.5) is 8.78 Å². The quantitative estimate of drug-likeness (QED) is 0.800. The summed E-state index contributed by atoms with van der Waals surface area (Å²) in [5, 5.41) is 2.57. The van der Waals surface area contributed by atoms with Crippen LogP contribution < -0.4 is 5.32 Å². The van der Waals surface area contributed by atoms with Crippen molar-refractivity contribution >= 4 is 34.5 Å². The molecule has 20 heavy (non-hydrogen) atoms. The van der Waals surface area contributed by atoms with Crippen molar-refractivity contribution in [3.8, 4) is 0 Å². The van der Waals surface area contributed by atoms with Gasteiger partial charge in [-0.15, -0.1) is 12.6 Å². The molecule has 2 nitrogen and oxygen atoms in total. The molecule has 0 saturated heterocycles. The van der Waals surface area contributed by atoms with Gasteiger partial charge < -0.3 is 5.32 Å². The van der Waals surface area contributed by atoms with Crippen LogP contribution in [0, 0.1) is 11.6 Å². The monoisotopic (exact) mass is 357 g/mol. The lowest BCUT2D eigenvalue weighted by Gasteiger charge is -2.08. The first-order chi connectivity index (χ1) is 9.47. The van der Waals surface area contributed by atoms with Gasteiger partial charge in [-0.25, -0.2) is 8.78 Å². The van der Waals surface area contributed by atoms with E-state index in [1.54, 1.807) is 18.2 Å². The highest BCUT2D eigenvalue weighted by Gasteiger charge is 2.11. The van der Waals surface area contributed by atoms with Gasteiger partial charge in [-0.2, -0.15) is 0 Å². The molecule has 0 bridgehead atoms. The molecule has 0 unspecified atom stereocenters. The van der Waals surface area contributed by atoms with E-state index < -0.39 is 11.6 Å². The molecule has 0 aliphatic carbocycles. The summed E-state index contributed by atoms with van der Waals surface area (Å²) in [6, 6.07) is 8.25. The van der Waals surface area contributed by atoms with E-state index in [1.807, 2.05) is 0 Å². The first kappa shape index (κ1) is 15.0. The SMILES string of the molecule is O=C(NCc1ccc(F)cc1F)c1ccc(Br)cc1S. The fraction of sp³-hybridized carbons (Fsp3) is 0.0714. The van der Waals surface area contributed by atoms with Crippen LogP contribution in [0.1, 0.15) is 15.9 Å². The predicted octanol–water partition coefficient (Wildman–Crippen LogP) is 3.95. The van der Waals surface area contributed by atoms with Crippen molar-refractivity contribution in [1.29, 1.82) is 0 Å². The highest BCUT2D eigenvalue weighted by atomic mass is 79.9. The largest absolute Gasteiger partial charge is 0.348 e. The maximum absolute atomic E-state index is 13.4. The van der Waals surface area contributed by atoms with Gasteiger partial charge in [-0.1, -0.05) is 22.0 Å². The molecule has 1 amide bonds. The number of halogens is 3. The fourth-order valence-corrected chi connectivity index (χ4v) is 2.49. The Morgan fingerprint density at radius 3 is 2.60 bits per heavy atom. The zero-order valence-corrected chi connectivity index (χ0v) is 12.6. The van der Waals surface area contributed by atoms with E-state index in [0.29, 0.717) is 10.5 Å². The molecular weight excluding hydrogens is 348 g/mol. The minimum atomic E-state index is -0.688. The molecule has 0 atom stereocenters. The van der Waals surface area contributed by atoms with Gasteiger partial charge in [0.2, 0.25) is 0 Å². The normalized spacial score (nSPS) is 10.4. The van der Waals surface area contributed by atoms with E-state index in [0.717, 1.165) is 16.6 Å². The second-order valence-electron chi connectivity index (χ2n) is 4.08. The molecule has 2 rings (SSSR count). The maximum atomic E-state index is 13.4. The molecule has 0 radical (unpaired) electrons. The van der Waals surface area contributed by atoms with Gasteiger partial charge in [0.15, 0.2) is 0 Å². The van der Waals surface area contributed by atoms with Crippen LogP contribution in [-0.4, -0.2) is 5.91 Å². The van der Waals surface area contributed by atoms with Crippen LogP contribution >= 0.6 is 28.6 Å². The summed E-state index contributed by atoms with van der Waals surface area (Å²) in [6.07, 6.45) is 0. The number of carbonyl (C=O) groups is 1. The zero-order valence-electron chi connectivity index (χ0n) is 10.2. The van der Waals surface area contributed by atoms with Crippen LogP contribution in [0.5, 0.6) is 0 Å². The first-order valence-corrected chi connectivity index (χ1v) is 6.92. The Morgan fingerprint density at radius 2 is 1.95 bits per heavy atom. The third-order valence-electron chi connectivity index (χ3n) is 2.66. The van der Waals surface area contributed by atoms with Crippen LogP contribution in [0.25, 0.3) is 0 Å². The lowest BCUT2D eigenvalue weighted by Crippen LogP contribution is -2.23. The van der Waals surface area contributed by atoms with Crippen molar-refractivity contribution < 1.29 is 13.6 Å². The van der Waals surface area contributed by atoms with Crippen LogP contribution in [0.15, 0.2) is 45.8 Å². The lowest BCUT2D eigenvalue weighted by atomic mass is 10.2. The summed E-state index contributed by atoms with van der Waals surface area (Å²) in [7, 11) is 0. The third kappa shape index (κ3) is 3.58. The van der Waals surface area contributed by atoms with Crippen LogP contribution in [0.2, 0.25) is 0 Å². The van der Waals surface area contributed by atoms with Gasteiger partial charge in [-0.05, 0) is 24.3 Å². The average Bonchev–Trinajstić information content (AvgIpc) is 2.37. The highest BCUT2D eigenvalue weighted by molar-refractivity contribution is 9.10. The Hall–Kier alpha value is -1.40. The number of rotatable bonds is 3. The topological polar surface area (TPSA) is 29.1 Å². The molecule has 2 aromatic carbocycles. The lowest BCUT2D eigenvalue weighted by molar-refractivity contribution is 0.0947. The second kappa shape index (κ2) is 6.37. The molecule has 0 saturated carbocycles. The van der Waals surface area contributed by atoms with Gasteiger partial charge in [0.1, 0.15) is 11.6 Å². The molecule has 2 aromatic rings.